The third kappa shape index (κ3) is 40.0. The molecule has 20 heteroatoms. The molecule has 3 amide bonds. The maximum absolute atomic E-state index is 11.6. The van der Waals surface area contributed by atoms with Crippen molar-refractivity contribution in [3.05, 3.63) is 0 Å². The molecule has 0 spiro atoms. The molecule has 5 fully saturated rings. The number of rotatable bonds is 8. The van der Waals surface area contributed by atoms with Crippen LogP contribution in [0.2, 0.25) is 0 Å². The Kier molecular flexibility index (Phi) is 44.7. The molecule has 0 bridgehead atoms. The van der Waals surface area contributed by atoms with Gasteiger partial charge >= 0.3 is 58.7 Å². The van der Waals surface area contributed by atoms with Crippen LogP contribution in [0, 0.1) is 47.3 Å². The second-order valence-corrected chi connectivity index (χ2v) is 37.9. The van der Waals surface area contributed by atoms with Gasteiger partial charge in [-0.2, -0.15) is 0 Å². The van der Waals surface area contributed by atoms with Crippen molar-refractivity contribution in [2.75, 3.05) is 27.0 Å². The summed E-state index contributed by atoms with van der Waals surface area (Å²) in [5.41, 5.74) is 10.1. The fourth-order valence-corrected chi connectivity index (χ4v) is 10.1. The van der Waals surface area contributed by atoms with Crippen LogP contribution < -0.4 is 27.4 Å². The first-order chi connectivity index (χ1) is 34.7. The van der Waals surface area contributed by atoms with Gasteiger partial charge in [-0.15, -0.1) is 0 Å². The molecule has 5 saturated carbocycles. The van der Waals surface area contributed by atoms with Crippen molar-refractivity contribution >= 4 is 45.5 Å². The van der Waals surface area contributed by atoms with Gasteiger partial charge in [-0.1, -0.05) is 68.2 Å². The molecular weight excluding hydrogens is 1150 g/mol. The minimum absolute atomic E-state index is 0. The second-order valence-electron chi connectivity index (χ2n) is 23.8. The summed E-state index contributed by atoms with van der Waals surface area (Å²) in [7, 11) is -1.00. The van der Waals surface area contributed by atoms with Crippen molar-refractivity contribution in [1.82, 2.24) is 16.0 Å². The Labute approximate surface area is 478 Å². The Hall–Kier alpha value is -0.957. The number of aliphatic hydroxyl groups is 5. The molecule has 0 aliphatic heterocycles. The zero-order chi connectivity index (χ0) is 58.9. The number of carbonyl (C=O) groups is 3. The molecule has 0 aromatic carbocycles. The van der Waals surface area contributed by atoms with Gasteiger partial charge < -0.3 is 67.2 Å². The summed E-state index contributed by atoms with van der Waals surface area (Å²) < 4.78 is 31.0. The van der Waals surface area contributed by atoms with E-state index in [1.54, 1.807) is 27.7 Å². The fourth-order valence-electron chi connectivity index (χ4n) is 10.1. The summed E-state index contributed by atoms with van der Waals surface area (Å²) >= 11 is 6.25. The van der Waals surface area contributed by atoms with Crippen molar-refractivity contribution in [2.24, 2.45) is 58.8 Å². The van der Waals surface area contributed by atoms with E-state index in [1.807, 2.05) is 41.5 Å². The van der Waals surface area contributed by atoms with E-state index in [9.17, 15) is 29.0 Å². The van der Waals surface area contributed by atoms with Gasteiger partial charge in [0.1, 0.15) is 16.8 Å². The molecule has 12 N–H and O–H groups in total. The van der Waals surface area contributed by atoms with Crippen LogP contribution in [0.15, 0.2) is 0 Å². The molecular formula is C55H114Br2FN5O11Zn. The van der Waals surface area contributed by atoms with Crippen LogP contribution in [0.3, 0.4) is 0 Å². The van der Waals surface area contributed by atoms with Gasteiger partial charge in [0.2, 0.25) is 0 Å². The van der Waals surface area contributed by atoms with Crippen LogP contribution in [0.1, 0.15) is 203 Å². The molecule has 5 aliphatic carbocycles. The number of hydrogen-bond acceptors (Lipinski definition) is 13. The predicted molar refractivity (Wildman–Crippen MR) is 308 cm³/mol. The summed E-state index contributed by atoms with van der Waals surface area (Å²) in [5, 5.41) is 53.1. The Morgan fingerprint density at radius 3 is 1.01 bits per heavy atom. The number of amides is 3. The Balaban J connectivity index is -0.000000414. The van der Waals surface area contributed by atoms with Crippen LogP contribution in [0.25, 0.3) is 0 Å². The normalized spacial score (nSPS) is 30.4. The quantitative estimate of drug-likeness (QED) is 0.0801. The first kappa shape index (κ1) is 78.3. The second kappa shape index (κ2) is 42.9. The topological polar surface area (TPSA) is 268 Å². The number of nitrogens with two attached hydrogens (primary N) is 2. The van der Waals surface area contributed by atoms with Crippen LogP contribution in [-0.4, -0.2) is 130 Å². The van der Waals surface area contributed by atoms with Gasteiger partial charge in [0.15, 0.2) is 0 Å². The Morgan fingerprint density at radius 1 is 0.547 bits per heavy atom. The summed E-state index contributed by atoms with van der Waals surface area (Å²) in [4.78, 5) is 34.5. The summed E-state index contributed by atoms with van der Waals surface area (Å²) in [6.45, 7) is 32.1. The molecule has 0 saturated heterocycles. The van der Waals surface area contributed by atoms with E-state index in [2.05, 4.69) is 84.7 Å². The zero-order valence-corrected chi connectivity index (χ0v) is 55.0. The van der Waals surface area contributed by atoms with Crippen LogP contribution in [0.5, 0.6) is 0 Å². The van der Waals surface area contributed by atoms with E-state index in [1.165, 1.54) is 25.7 Å². The number of carbonyl (C=O) groups excluding carboxylic acids is 3. The predicted octanol–water partition coefficient (Wildman–Crippen LogP) is 11.1. The SMILES string of the molecule is C.CC(C)(C)OC(=O)N[C@@H]1C[C@H](CO)[C@@H](O)C1.CCO.CC[C@H]1C[C@@H](N)C[C@@H]1C.CC[C@H]1C[C@@H](NC(=O)OC(C)(C)C)C[C@@H]1C.CC[C@H]1C[C@@H](NC(=O)OC(C)(C)C)C[C@@H]1O.C[C@H]1C[C@H](N)C[C@@H]1CO.[2H]CF.[Br][Zn][Br]. The average Bonchev–Trinajstić information content (AvgIpc) is 4.07. The molecule has 0 aromatic heterocycles. The van der Waals surface area contributed by atoms with Gasteiger partial charge in [-0.25, -0.2) is 14.4 Å². The van der Waals surface area contributed by atoms with E-state index >= 15 is 0 Å². The van der Waals surface area contributed by atoms with Crippen LogP contribution >= 0.6 is 27.2 Å². The van der Waals surface area contributed by atoms with Gasteiger partial charge in [0.05, 0.1) is 20.7 Å². The standard InChI is InChI=1S/C13H25NO2.C12H23NO3.C11H21NO4.C8H17N.C7H15NO.C2H6O.CH3F.CH4.2BrH.Zn/c1-6-10-8-11(7-9(10)2)14-12(15)16-13(3,4)5;1-5-8-6-9(7-10(8)14)13-11(15)16-12(2,3)4;1-11(2,3)16-10(15)12-8-4-7(6-13)9(14)5-8;1-3-7-5-8(9)4-6(7)2;1-5-2-7(8)3-6(5)4-9;1-2-3;1-2;;;;/h9-11H,6-8H2,1-5H3,(H,14,15);8-10,14H,5-7H2,1-4H3,(H,13,15);7-9,13-14H,4-6H2,1-3H3,(H,12,15);6-8H,3-5,9H2,1-2H3;5-7,9H,2-4,8H2,1H3;3H,2H2,1H3;1H3;1H4;2*1H;/q;;;;;;;;;;+2/p-2/t9-,10-,11-;8-,9+,10-;7-,8-,9+;6-,7-,8-;5-,6+,7-;;;;;;/m00100....../s1/i;;;;;;1D;;;;. The van der Waals surface area contributed by atoms with Crippen molar-refractivity contribution in [3.63, 3.8) is 0 Å². The third-order valence-electron chi connectivity index (χ3n) is 13.7. The average molecular weight is 1270 g/mol. The molecule has 5 rings (SSSR count). The van der Waals surface area contributed by atoms with E-state index in [4.69, 9.17) is 42.4 Å². The molecule has 0 radical (unpaired) electrons. The fraction of sp³-hybridized carbons (Fsp3) is 0.945. The Morgan fingerprint density at radius 2 is 0.800 bits per heavy atom. The molecule has 15 atom stereocenters. The molecule has 75 heavy (non-hydrogen) atoms. The number of alkyl halides is 1. The van der Waals surface area contributed by atoms with Crippen LogP contribution in [-0.2, 0) is 27.4 Å². The number of hydrogen-bond donors (Lipinski definition) is 10. The van der Waals surface area contributed by atoms with Gasteiger partial charge in [0, 0.05) is 55.9 Å². The summed E-state index contributed by atoms with van der Waals surface area (Å²) in [5.74, 6) is 4.53. The van der Waals surface area contributed by atoms with Gasteiger partial charge in [-0.3, -0.25) is 4.39 Å². The van der Waals surface area contributed by atoms with Crippen molar-refractivity contribution < 1.29 is 73.1 Å². The maximum atomic E-state index is 11.6. The summed E-state index contributed by atoms with van der Waals surface area (Å²) in [6, 6.07) is 1.09. The first-order valence-electron chi connectivity index (χ1n) is 28.0. The number of nitrogens with one attached hydrogen (secondary N) is 3. The Bertz CT molecular complexity index is 1320. The number of alkyl carbamates (subject to hydrolysis) is 3. The molecule has 0 heterocycles. The van der Waals surface area contributed by atoms with E-state index in [-0.39, 0.29) is 70.1 Å². The molecule has 5 aliphatic rings. The first-order valence-corrected chi connectivity index (χ1v) is 41.2. The molecule has 16 nitrogen and oxygen atoms in total. The van der Waals surface area contributed by atoms with Crippen molar-refractivity contribution in [3.8, 4) is 0 Å². The van der Waals surface area contributed by atoms with E-state index in [0.29, 0.717) is 67.7 Å². The van der Waals surface area contributed by atoms with Crippen molar-refractivity contribution in [2.45, 2.75) is 261 Å². The number of ether oxygens (including phenoxy) is 3. The van der Waals surface area contributed by atoms with Crippen LogP contribution in [0.4, 0.5) is 18.8 Å². The molecule has 0 unspecified atom stereocenters. The zero-order valence-electron chi connectivity index (χ0n) is 49.9. The van der Waals surface area contributed by atoms with Crippen molar-refractivity contribution in [1.29, 1.82) is 0 Å². The number of halogens is 3. The molecule has 0 aromatic rings. The minimum atomic E-state index is -1.00. The third-order valence-corrected chi connectivity index (χ3v) is 13.7. The number of aliphatic hydroxyl groups excluding tert-OH is 5. The monoisotopic (exact) mass is 1260 g/mol. The van der Waals surface area contributed by atoms with E-state index < -0.39 is 36.2 Å². The molecule has 448 valence electrons. The van der Waals surface area contributed by atoms with E-state index in [0.717, 1.165) is 56.3 Å². The van der Waals surface area contributed by atoms with Gasteiger partial charge in [-0.05, 0) is 175 Å². The summed E-state index contributed by atoms with van der Waals surface area (Å²) in [6.07, 6.45) is 10.8. The van der Waals surface area contributed by atoms with Gasteiger partial charge in [0.25, 0.3) is 0 Å².